The van der Waals surface area contributed by atoms with Gasteiger partial charge in [0.2, 0.25) is 0 Å². The molecule has 1 atom stereocenters. The van der Waals surface area contributed by atoms with Crippen LogP contribution in [0.25, 0.3) is 0 Å². The first-order chi connectivity index (χ1) is 8.15. The minimum Gasteiger partial charge on any atom is -0.490 e. The molecule has 94 valence electrons. The van der Waals surface area contributed by atoms with Crippen molar-refractivity contribution in [3.63, 3.8) is 0 Å². The van der Waals surface area contributed by atoms with Crippen LogP contribution in [0.2, 0.25) is 0 Å². The molecule has 0 N–H and O–H groups in total. The van der Waals surface area contributed by atoms with Gasteiger partial charge < -0.3 is 9.47 Å². The molecule has 0 aliphatic rings. The molecule has 0 amide bonds. The SMILES string of the molecule is CCOC(=O)CC(C)Oc1cccc(CC)c1. The summed E-state index contributed by atoms with van der Waals surface area (Å²) in [4.78, 5) is 11.3. The van der Waals surface area contributed by atoms with Gasteiger partial charge in [0.1, 0.15) is 11.9 Å². The molecule has 0 radical (unpaired) electrons. The van der Waals surface area contributed by atoms with Crippen molar-refractivity contribution in [2.45, 2.75) is 39.7 Å². The highest BCUT2D eigenvalue weighted by Gasteiger charge is 2.11. The Kier molecular flexibility index (Phi) is 5.53. The topological polar surface area (TPSA) is 35.5 Å². The van der Waals surface area contributed by atoms with Crippen molar-refractivity contribution >= 4 is 5.97 Å². The third-order valence-corrected chi connectivity index (χ3v) is 2.40. The second kappa shape index (κ2) is 6.94. The monoisotopic (exact) mass is 236 g/mol. The Labute approximate surface area is 103 Å². The fraction of sp³-hybridized carbons (Fsp3) is 0.500. The summed E-state index contributed by atoms with van der Waals surface area (Å²) in [7, 11) is 0. The number of hydrogen-bond donors (Lipinski definition) is 0. The maximum Gasteiger partial charge on any atom is 0.309 e. The summed E-state index contributed by atoms with van der Waals surface area (Å²) in [5, 5.41) is 0. The summed E-state index contributed by atoms with van der Waals surface area (Å²) in [6.07, 6.45) is 1.09. The lowest BCUT2D eigenvalue weighted by atomic mass is 10.1. The van der Waals surface area contributed by atoms with E-state index in [2.05, 4.69) is 13.0 Å². The molecule has 0 saturated carbocycles. The average Bonchev–Trinajstić information content (AvgIpc) is 2.29. The summed E-state index contributed by atoms with van der Waals surface area (Å²) in [6, 6.07) is 7.93. The molecule has 0 aromatic heterocycles. The maximum atomic E-state index is 11.3. The van der Waals surface area contributed by atoms with Gasteiger partial charge in [-0.05, 0) is 38.0 Å². The fourth-order valence-electron chi connectivity index (χ4n) is 1.57. The molecule has 0 saturated heterocycles. The van der Waals surface area contributed by atoms with Crippen molar-refractivity contribution in [2.75, 3.05) is 6.61 Å². The third kappa shape index (κ3) is 4.89. The predicted octanol–water partition coefficient (Wildman–Crippen LogP) is 2.97. The third-order valence-electron chi connectivity index (χ3n) is 2.40. The van der Waals surface area contributed by atoms with Gasteiger partial charge in [0.15, 0.2) is 0 Å². The van der Waals surface area contributed by atoms with E-state index >= 15 is 0 Å². The van der Waals surface area contributed by atoms with Crippen molar-refractivity contribution in [1.82, 2.24) is 0 Å². The molecule has 1 unspecified atom stereocenters. The van der Waals surface area contributed by atoms with Crippen molar-refractivity contribution in [3.8, 4) is 5.75 Å². The zero-order chi connectivity index (χ0) is 12.7. The number of esters is 1. The van der Waals surface area contributed by atoms with Crippen LogP contribution >= 0.6 is 0 Å². The maximum absolute atomic E-state index is 11.3. The second-order valence-corrected chi connectivity index (χ2v) is 3.94. The van der Waals surface area contributed by atoms with E-state index in [1.807, 2.05) is 25.1 Å². The van der Waals surface area contributed by atoms with Crippen LogP contribution in [0.5, 0.6) is 5.75 Å². The molecule has 3 heteroatoms. The van der Waals surface area contributed by atoms with E-state index in [1.165, 1.54) is 5.56 Å². The first-order valence-electron chi connectivity index (χ1n) is 6.07. The van der Waals surface area contributed by atoms with Crippen LogP contribution in [0.1, 0.15) is 32.8 Å². The molecule has 0 aliphatic carbocycles. The first kappa shape index (κ1) is 13.6. The fourth-order valence-corrected chi connectivity index (χ4v) is 1.57. The minimum atomic E-state index is -0.216. The molecule has 0 heterocycles. The molecule has 1 aromatic carbocycles. The molecule has 0 aliphatic heterocycles. The van der Waals surface area contributed by atoms with E-state index in [0.717, 1.165) is 12.2 Å². The van der Waals surface area contributed by atoms with Crippen LogP contribution in [0.4, 0.5) is 0 Å². The Hall–Kier alpha value is -1.51. The van der Waals surface area contributed by atoms with Gasteiger partial charge in [0.05, 0.1) is 13.0 Å². The zero-order valence-electron chi connectivity index (χ0n) is 10.7. The Morgan fingerprint density at radius 3 is 2.76 bits per heavy atom. The molecular weight excluding hydrogens is 216 g/mol. The number of rotatable bonds is 6. The van der Waals surface area contributed by atoms with Gasteiger partial charge in [-0.3, -0.25) is 4.79 Å². The number of benzene rings is 1. The molecule has 0 spiro atoms. The van der Waals surface area contributed by atoms with Crippen LogP contribution in [0.3, 0.4) is 0 Å². The van der Waals surface area contributed by atoms with Gasteiger partial charge in [-0.1, -0.05) is 19.1 Å². The molecule has 1 rings (SSSR count). The summed E-state index contributed by atoms with van der Waals surface area (Å²) >= 11 is 0. The Bertz CT molecular complexity index is 360. The van der Waals surface area contributed by atoms with Gasteiger partial charge in [-0.25, -0.2) is 0 Å². The minimum absolute atomic E-state index is 0.166. The van der Waals surface area contributed by atoms with Gasteiger partial charge in [0.25, 0.3) is 0 Å². The first-order valence-corrected chi connectivity index (χ1v) is 6.07. The summed E-state index contributed by atoms with van der Waals surface area (Å²) < 4.78 is 10.5. The van der Waals surface area contributed by atoms with Gasteiger partial charge in [0, 0.05) is 0 Å². The van der Waals surface area contributed by atoms with E-state index in [1.54, 1.807) is 6.92 Å². The van der Waals surface area contributed by atoms with Crippen LogP contribution in [0.15, 0.2) is 24.3 Å². The standard InChI is InChI=1S/C14H20O3/c1-4-12-7-6-8-13(10-12)17-11(3)9-14(15)16-5-2/h6-8,10-11H,4-5,9H2,1-3H3. The van der Waals surface area contributed by atoms with E-state index in [0.29, 0.717) is 6.61 Å². The molecule has 1 aromatic rings. The van der Waals surface area contributed by atoms with Crippen molar-refractivity contribution in [2.24, 2.45) is 0 Å². The van der Waals surface area contributed by atoms with Crippen LogP contribution < -0.4 is 4.74 Å². The summed E-state index contributed by atoms with van der Waals surface area (Å²) in [5.74, 6) is 0.591. The van der Waals surface area contributed by atoms with Gasteiger partial charge in [-0.15, -0.1) is 0 Å². The van der Waals surface area contributed by atoms with Crippen LogP contribution in [-0.2, 0) is 16.0 Å². The normalized spacial score (nSPS) is 11.9. The van der Waals surface area contributed by atoms with Gasteiger partial charge >= 0.3 is 5.97 Å². The molecule has 0 bridgehead atoms. The lowest BCUT2D eigenvalue weighted by molar-refractivity contribution is -0.144. The van der Waals surface area contributed by atoms with Crippen LogP contribution in [-0.4, -0.2) is 18.7 Å². The summed E-state index contributed by atoms with van der Waals surface area (Å²) in [5.41, 5.74) is 1.23. The Morgan fingerprint density at radius 2 is 2.12 bits per heavy atom. The molecule has 0 fully saturated rings. The van der Waals surface area contributed by atoms with Crippen molar-refractivity contribution in [1.29, 1.82) is 0 Å². The van der Waals surface area contributed by atoms with Crippen molar-refractivity contribution in [3.05, 3.63) is 29.8 Å². The van der Waals surface area contributed by atoms with E-state index in [-0.39, 0.29) is 18.5 Å². The molecular formula is C14H20O3. The molecule has 3 nitrogen and oxygen atoms in total. The van der Waals surface area contributed by atoms with Crippen molar-refractivity contribution < 1.29 is 14.3 Å². The highest BCUT2D eigenvalue weighted by Crippen LogP contribution is 2.16. The smallest absolute Gasteiger partial charge is 0.309 e. The van der Waals surface area contributed by atoms with Crippen LogP contribution in [0, 0.1) is 0 Å². The lowest BCUT2D eigenvalue weighted by Gasteiger charge is -2.14. The number of aryl methyl sites for hydroxylation is 1. The quantitative estimate of drug-likeness (QED) is 0.712. The zero-order valence-corrected chi connectivity index (χ0v) is 10.7. The van der Waals surface area contributed by atoms with Gasteiger partial charge in [-0.2, -0.15) is 0 Å². The Morgan fingerprint density at radius 1 is 1.35 bits per heavy atom. The summed E-state index contributed by atoms with van der Waals surface area (Å²) in [6.45, 7) is 6.18. The van der Waals surface area contributed by atoms with E-state index in [9.17, 15) is 4.79 Å². The highest BCUT2D eigenvalue weighted by molar-refractivity contribution is 5.69. The number of carbonyl (C=O) groups is 1. The second-order valence-electron chi connectivity index (χ2n) is 3.94. The Balaban J connectivity index is 2.49. The number of hydrogen-bond acceptors (Lipinski definition) is 3. The average molecular weight is 236 g/mol. The van der Waals surface area contributed by atoms with E-state index in [4.69, 9.17) is 9.47 Å². The highest BCUT2D eigenvalue weighted by atomic mass is 16.5. The largest absolute Gasteiger partial charge is 0.490 e. The molecule has 17 heavy (non-hydrogen) atoms. The number of ether oxygens (including phenoxy) is 2. The predicted molar refractivity (Wildman–Crippen MR) is 67.2 cm³/mol. The van der Waals surface area contributed by atoms with E-state index < -0.39 is 0 Å². The lowest BCUT2D eigenvalue weighted by Crippen LogP contribution is -2.18. The number of carbonyl (C=O) groups excluding carboxylic acids is 1.